The summed E-state index contributed by atoms with van der Waals surface area (Å²) < 4.78 is 35.2. The second-order valence-corrected chi connectivity index (χ2v) is 20.7. The highest BCUT2D eigenvalue weighted by atomic mass is 31.2. The van der Waals surface area contributed by atoms with Gasteiger partial charge in [0.15, 0.2) is 0 Å². The first kappa shape index (κ1) is 62.5. The number of unbranched alkanes of at least 4 members (excludes halogenated alkanes) is 28. The van der Waals surface area contributed by atoms with Gasteiger partial charge in [0.05, 0.1) is 34.4 Å². The predicted molar refractivity (Wildman–Crippen MR) is 275 cm³/mol. The molecule has 9 heteroatoms. The molecule has 0 aromatic carbocycles. The largest absolute Gasteiger partial charge is 0.472 e. The molecule has 1 N–H and O–H groups in total. The predicted octanol–water partition coefficient (Wildman–Crippen LogP) is 16.7. The summed E-state index contributed by atoms with van der Waals surface area (Å²) in [6.07, 6.45) is 60.2. The van der Waals surface area contributed by atoms with E-state index in [9.17, 15) is 14.3 Å². The highest BCUT2D eigenvalue weighted by molar-refractivity contribution is 7.47. The van der Waals surface area contributed by atoms with Crippen molar-refractivity contribution in [3.63, 3.8) is 0 Å². The van der Waals surface area contributed by atoms with Crippen molar-refractivity contribution in [1.29, 1.82) is 0 Å². The molecule has 0 rings (SSSR count). The number of hydrogen-bond donors (Lipinski definition) is 1. The van der Waals surface area contributed by atoms with Crippen LogP contribution in [0.1, 0.15) is 239 Å². The van der Waals surface area contributed by atoms with Crippen LogP contribution in [-0.4, -0.2) is 75.6 Å². The van der Waals surface area contributed by atoms with E-state index in [0.29, 0.717) is 24.1 Å². The number of allylic oxidation sites excluding steroid dienone is 8. The fourth-order valence-electron chi connectivity index (χ4n) is 7.55. The molecule has 0 aliphatic rings. The number of nitrogens with zero attached hydrogens (tertiary/aromatic N) is 1. The maximum absolute atomic E-state index is 12.8. The normalized spacial score (nSPS) is 13.9. The zero-order valence-electron chi connectivity index (χ0n) is 42.8. The molecule has 0 spiro atoms. The molecule has 0 aliphatic carbocycles. The molecule has 0 aromatic heterocycles. The van der Waals surface area contributed by atoms with Crippen LogP contribution in [0.5, 0.6) is 0 Å². The molecule has 0 heterocycles. The molecule has 0 radical (unpaired) electrons. The summed E-state index contributed by atoms with van der Waals surface area (Å²) in [4.78, 5) is 23.0. The van der Waals surface area contributed by atoms with Gasteiger partial charge in [0.25, 0.3) is 0 Å². The van der Waals surface area contributed by atoms with Gasteiger partial charge in [0.1, 0.15) is 19.3 Å². The van der Waals surface area contributed by atoms with Gasteiger partial charge >= 0.3 is 13.8 Å². The summed E-state index contributed by atoms with van der Waals surface area (Å²) in [5.41, 5.74) is 0. The van der Waals surface area contributed by atoms with Crippen LogP contribution in [0, 0.1) is 0 Å². The van der Waals surface area contributed by atoms with Gasteiger partial charge in [-0.15, -0.1) is 0 Å². The summed E-state index contributed by atoms with van der Waals surface area (Å²) >= 11 is 0. The lowest BCUT2D eigenvalue weighted by Gasteiger charge is -2.24. The Morgan fingerprint density at radius 1 is 0.500 bits per heavy atom. The Kier molecular flexibility index (Phi) is 46.8. The van der Waals surface area contributed by atoms with E-state index in [0.717, 1.165) is 57.8 Å². The van der Waals surface area contributed by atoms with Crippen molar-refractivity contribution in [3.05, 3.63) is 48.6 Å². The van der Waals surface area contributed by atoms with Crippen molar-refractivity contribution in [2.24, 2.45) is 0 Å². The van der Waals surface area contributed by atoms with E-state index in [1.807, 2.05) is 21.1 Å². The van der Waals surface area contributed by atoms with Crippen LogP contribution >= 0.6 is 7.82 Å². The number of likely N-dealkylation sites (N-methyl/N-ethyl adjacent to an activating group) is 1. The molecule has 0 amide bonds. The number of quaternary nitrogens is 1. The Morgan fingerprint density at radius 2 is 0.906 bits per heavy atom. The SMILES string of the molecule is CC/C=C\C/C=C\C/C=C\C/C=C\CCCCCCCCCCCCC(=O)OC(COCCCCCCCCCCCCCCCCCCCCC)COP(=O)(O)OCC[N+](C)(C)C. The first-order valence-electron chi connectivity index (χ1n) is 26.9. The molecule has 0 aliphatic heterocycles. The van der Waals surface area contributed by atoms with E-state index in [1.165, 1.54) is 161 Å². The number of esters is 1. The number of phosphoric ester groups is 1. The Balaban J connectivity index is 4.11. The van der Waals surface area contributed by atoms with Crippen LogP contribution in [-0.2, 0) is 27.9 Å². The van der Waals surface area contributed by atoms with Crippen LogP contribution in [0.25, 0.3) is 0 Å². The third-order valence-electron chi connectivity index (χ3n) is 11.7. The van der Waals surface area contributed by atoms with Crippen molar-refractivity contribution in [2.45, 2.75) is 245 Å². The third-order valence-corrected chi connectivity index (χ3v) is 12.6. The van der Waals surface area contributed by atoms with E-state index in [1.54, 1.807) is 0 Å². The van der Waals surface area contributed by atoms with Crippen molar-refractivity contribution >= 4 is 13.8 Å². The smallest absolute Gasteiger partial charge is 0.457 e. The van der Waals surface area contributed by atoms with Crippen LogP contribution < -0.4 is 0 Å². The van der Waals surface area contributed by atoms with Crippen LogP contribution in [0.15, 0.2) is 48.6 Å². The van der Waals surface area contributed by atoms with Crippen molar-refractivity contribution in [3.8, 4) is 0 Å². The first-order valence-corrected chi connectivity index (χ1v) is 28.4. The maximum Gasteiger partial charge on any atom is 0.472 e. The standard InChI is InChI=1S/C55H104NO7P/c1-6-8-10-12-14-16-18-20-22-24-26-27-28-29-30-32-34-36-38-40-42-44-46-48-55(57)63-54(53-62-64(58,59)61-51-49-56(3,4)5)52-60-50-47-45-43-41-39-37-35-33-31-25-23-21-19-17-15-13-11-9-7-2/h8,10,14,16,20,22,26-27,54H,6-7,9,11-13,15,17-19,21,23-25,28-53H2,1-5H3/p+1/b10-8-,16-14-,22-20-,27-26-. The van der Waals surface area contributed by atoms with Crippen LogP contribution in [0.3, 0.4) is 0 Å². The number of rotatable bonds is 50. The van der Waals surface area contributed by atoms with Gasteiger partial charge in [0, 0.05) is 13.0 Å². The lowest BCUT2D eigenvalue weighted by Crippen LogP contribution is -2.37. The quantitative estimate of drug-likeness (QED) is 0.0214. The fourth-order valence-corrected chi connectivity index (χ4v) is 8.29. The van der Waals surface area contributed by atoms with Gasteiger partial charge in [-0.05, 0) is 51.4 Å². The molecule has 0 fully saturated rings. The van der Waals surface area contributed by atoms with E-state index in [4.69, 9.17) is 18.5 Å². The lowest BCUT2D eigenvalue weighted by atomic mass is 10.0. The average molecular weight is 923 g/mol. The number of carbonyl (C=O) groups is 1. The van der Waals surface area contributed by atoms with Gasteiger partial charge in [-0.1, -0.05) is 229 Å². The van der Waals surface area contributed by atoms with Gasteiger partial charge in [-0.2, -0.15) is 0 Å². The molecular formula is C55H105NO7P+. The van der Waals surface area contributed by atoms with Crippen molar-refractivity contribution < 1.29 is 37.3 Å². The fraction of sp³-hybridized carbons (Fsp3) is 0.836. The number of carbonyl (C=O) groups excluding carboxylic acids is 1. The van der Waals surface area contributed by atoms with E-state index in [-0.39, 0.29) is 25.8 Å². The second kappa shape index (κ2) is 47.9. The van der Waals surface area contributed by atoms with Crippen LogP contribution in [0.4, 0.5) is 0 Å². The van der Waals surface area contributed by atoms with Gasteiger partial charge < -0.3 is 18.9 Å². The molecular weight excluding hydrogens is 818 g/mol. The molecule has 0 aromatic rings. The number of phosphoric acid groups is 1. The summed E-state index contributed by atoms with van der Waals surface area (Å²) in [5.74, 6) is -0.315. The average Bonchev–Trinajstić information content (AvgIpc) is 3.25. The summed E-state index contributed by atoms with van der Waals surface area (Å²) in [6, 6.07) is 0. The topological polar surface area (TPSA) is 91.3 Å². The van der Waals surface area contributed by atoms with Crippen LogP contribution in [0.2, 0.25) is 0 Å². The number of hydrogen-bond acceptors (Lipinski definition) is 6. The van der Waals surface area contributed by atoms with E-state index >= 15 is 0 Å². The van der Waals surface area contributed by atoms with E-state index < -0.39 is 13.9 Å². The summed E-state index contributed by atoms with van der Waals surface area (Å²) in [5, 5.41) is 0. The van der Waals surface area contributed by atoms with Gasteiger partial charge in [0.2, 0.25) is 0 Å². The maximum atomic E-state index is 12.8. The molecule has 64 heavy (non-hydrogen) atoms. The van der Waals surface area contributed by atoms with Crippen molar-refractivity contribution in [2.75, 3.05) is 54.1 Å². The monoisotopic (exact) mass is 923 g/mol. The minimum absolute atomic E-state index is 0.0882. The minimum atomic E-state index is -4.28. The van der Waals surface area contributed by atoms with Gasteiger partial charge in [-0.3, -0.25) is 13.8 Å². The molecule has 0 saturated carbocycles. The number of ether oxygens (including phenoxy) is 2. The summed E-state index contributed by atoms with van der Waals surface area (Å²) in [6.45, 7) is 5.55. The molecule has 2 atom stereocenters. The molecule has 8 nitrogen and oxygen atoms in total. The molecule has 376 valence electrons. The minimum Gasteiger partial charge on any atom is -0.457 e. The van der Waals surface area contributed by atoms with E-state index in [2.05, 4.69) is 62.5 Å². The molecule has 0 bridgehead atoms. The Hall–Kier alpha value is -1.54. The molecule has 0 saturated heterocycles. The summed E-state index contributed by atoms with van der Waals surface area (Å²) in [7, 11) is 1.67. The Labute approximate surface area is 397 Å². The Morgan fingerprint density at radius 3 is 1.36 bits per heavy atom. The third kappa shape index (κ3) is 51.4. The van der Waals surface area contributed by atoms with Crippen molar-refractivity contribution in [1.82, 2.24) is 0 Å². The first-order chi connectivity index (χ1) is 31.1. The zero-order valence-corrected chi connectivity index (χ0v) is 43.7. The zero-order chi connectivity index (χ0) is 46.9. The molecule has 2 unspecified atom stereocenters. The highest BCUT2D eigenvalue weighted by Gasteiger charge is 2.26. The second-order valence-electron chi connectivity index (χ2n) is 19.2. The lowest BCUT2D eigenvalue weighted by molar-refractivity contribution is -0.870. The Bertz CT molecular complexity index is 1160. The highest BCUT2D eigenvalue weighted by Crippen LogP contribution is 2.43. The van der Waals surface area contributed by atoms with Gasteiger partial charge in [-0.25, -0.2) is 4.57 Å².